The van der Waals surface area contributed by atoms with Gasteiger partial charge in [-0.1, -0.05) is 13.8 Å². The summed E-state index contributed by atoms with van der Waals surface area (Å²) >= 11 is 0. The lowest BCUT2D eigenvalue weighted by Crippen LogP contribution is -2.29. The molecule has 0 aliphatic carbocycles. The van der Waals surface area contributed by atoms with Gasteiger partial charge in [0, 0.05) is 24.8 Å². The minimum atomic E-state index is -0.0950. The Bertz CT molecular complexity index is 462. The van der Waals surface area contributed by atoms with Gasteiger partial charge >= 0.3 is 0 Å². The standard InChI is InChI=1S/C15H23N3O2/c1-11(2)8-18-6-4-12(9-18)15(20)17-14-7-16-5-3-13(14)10-19/h3,5,7,11-12,19H,4,6,8-10H2,1-2H3,(H,17,20). The highest BCUT2D eigenvalue weighted by Crippen LogP contribution is 2.20. The van der Waals surface area contributed by atoms with Crippen LogP contribution >= 0.6 is 0 Å². The van der Waals surface area contributed by atoms with E-state index >= 15 is 0 Å². The number of carbonyl (C=O) groups excluding carboxylic acids is 1. The minimum Gasteiger partial charge on any atom is -0.392 e. The summed E-state index contributed by atoms with van der Waals surface area (Å²) in [6, 6.07) is 1.72. The molecule has 1 atom stereocenters. The van der Waals surface area contributed by atoms with Crippen LogP contribution in [-0.2, 0) is 11.4 Å². The Morgan fingerprint density at radius 1 is 1.60 bits per heavy atom. The van der Waals surface area contributed by atoms with Crippen molar-refractivity contribution in [3.63, 3.8) is 0 Å². The number of anilines is 1. The van der Waals surface area contributed by atoms with E-state index in [-0.39, 0.29) is 18.4 Å². The van der Waals surface area contributed by atoms with Crippen molar-refractivity contribution in [3.8, 4) is 0 Å². The van der Waals surface area contributed by atoms with Gasteiger partial charge in [0.15, 0.2) is 0 Å². The zero-order valence-electron chi connectivity index (χ0n) is 12.2. The van der Waals surface area contributed by atoms with Crippen molar-refractivity contribution in [2.24, 2.45) is 11.8 Å². The highest BCUT2D eigenvalue weighted by atomic mass is 16.3. The molecule has 2 N–H and O–H groups in total. The molecule has 1 aliphatic rings. The fraction of sp³-hybridized carbons (Fsp3) is 0.600. The Labute approximate surface area is 120 Å². The smallest absolute Gasteiger partial charge is 0.228 e. The summed E-state index contributed by atoms with van der Waals surface area (Å²) in [4.78, 5) is 18.6. The number of hydrogen-bond donors (Lipinski definition) is 2. The van der Waals surface area contributed by atoms with Crippen LogP contribution in [0, 0.1) is 11.8 Å². The number of carbonyl (C=O) groups is 1. The normalized spacial score (nSPS) is 19.5. The molecule has 1 aliphatic heterocycles. The van der Waals surface area contributed by atoms with Crippen LogP contribution in [0.15, 0.2) is 18.5 Å². The van der Waals surface area contributed by atoms with E-state index in [2.05, 4.69) is 29.0 Å². The summed E-state index contributed by atoms with van der Waals surface area (Å²) in [5.74, 6) is 0.676. The van der Waals surface area contributed by atoms with E-state index < -0.39 is 0 Å². The second-order valence-corrected chi connectivity index (χ2v) is 5.82. The van der Waals surface area contributed by atoms with Gasteiger partial charge in [0.25, 0.3) is 0 Å². The van der Waals surface area contributed by atoms with Crippen LogP contribution in [-0.4, -0.2) is 40.5 Å². The number of pyridine rings is 1. The average Bonchev–Trinajstić information content (AvgIpc) is 2.87. The van der Waals surface area contributed by atoms with Gasteiger partial charge in [0.05, 0.1) is 24.4 Å². The van der Waals surface area contributed by atoms with Gasteiger partial charge in [0.2, 0.25) is 5.91 Å². The number of aliphatic hydroxyl groups excluding tert-OH is 1. The van der Waals surface area contributed by atoms with Crippen LogP contribution in [0.5, 0.6) is 0 Å². The largest absolute Gasteiger partial charge is 0.392 e. The molecule has 1 aromatic rings. The van der Waals surface area contributed by atoms with Crippen molar-refractivity contribution >= 4 is 11.6 Å². The molecule has 5 heteroatoms. The molecule has 0 saturated carbocycles. The Morgan fingerprint density at radius 3 is 3.10 bits per heavy atom. The second kappa shape index (κ2) is 6.81. The third-order valence-corrected chi connectivity index (χ3v) is 3.61. The van der Waals surface area contributed by atoms with Crippen LogP contribution in [0.2, 0.25) is 0 Å². The third kappa shape index (κ3) is 3.77. The molecule has 1 amide bonds. The van der Waals surface area contributed by atoms with Crippen LogP contribution in [0.3, 0.4) is 0 Å². The Kier molecular flexibility index (Phi) is 5.09. The lowest BCUT2D eigenvalue weighted by molar-refractivity contribution is -0.119. The number of likely N-dealkylation sites (tertiary alicyclic amines) is 1. The molecular formula is C15H23N3O2. The number of nitrogens with zero attached hydrogens (tertiary/aromatic N) is 2. The maximum atomic E-state index is 12.3. The lowest BCUT2D eigenvalue weighted by Gasteiger charge is -2.18. The highest BCUT2D eigenvalue weighted by Gasteiger charge is 2.28. The number of rotatable bonds is 5. The van der Waals surface area contributed by atoms with Crippen molar-refractivity contribution in [3.05, 3.63) is 24.0 Å². The van der Waals surface area contributed by atoms with Crippen molar-refractivity contribution in [1.29, 1.82) is 0 Å². The van der Waals surface area contributed by atoms with Crippen molar-refractivity contribution in [1.82, 2.24) is 9.88 Å². The van der Waals surface area contributed by atoms with Crippen LogP contribution in [0.25, 0.3) is 0 Å². The van der Waals surface area contributed by atoms with Gasteiger partial charge in [-0.05, 0) is 24.9 Å². The Balaban J connectivity index is 1.93. The van der Waals surface area contributed by atoms with Crippen molar-refractivity contribution < 1.29 is 9.90 Å². The molecule has 0 spiro atoms. The van der Waals surface area contributed by atoms with E-state index in [9.17, 15) is 9.90 Å². The van der Waals surface area contributed by atoms with E-state index in [1.807, 2.05) is 0 Å². The second-order valence-electron chi connectivity index (χ2n) is 5.82. The monoisotopic (exact) mass is 277 g/mol. The quantitative estimate of drug-likeness (QED) is 0.856. The van der Waals surface area contributed by atoms with Gasteiger partial charge in [0.1, 0.15) is 0 Å². The first kappa shape index (κ1) is 14.9. The number of aliphatic hydroxyl groups is 1. The molecule has 2 rings (SSSR count). The summed E-state index contributed by atoms with van der Waals surface area (Å²) in [5.41, 5.74) is 1.31. The van der Waals surface area contributed by atoms with Crippen molar-refractivity contribution in [2.75, 3.05) is 25.0 Å². The summed E-state index contributed by atoms with van der Waals surface area (Å²) < 4.78 is 0. The van der Waals surface area contributed by atoms with Gasteiger partial charge < -0.3 is 15.3 Å². The first-order valence-electron chi connectivity index (χ1n) is 7.17. The molecule has 20 heavy (non-hydrogen) atoms. The maximum absolute atomic E-state index is 12.3. The third-order valence-electron chi connectivity index (χ3n) is 3.61. The van der Waals surface area contributed by atoms with Gasteiger partial charge in [-0.2, -0.15) is 0 Å². The molecule has 0 radical (unpaired) electrons. The zero-order chi connectivity index (χ0) is 14.5. The molecule has 5 nitrogen and oxygen atoms in total. The molecule has 1 unspecified atom stereocenters. The van der Waals surface area contributed by atoms with E-state index in [0.717, 1.165) is 26.1 Å². The summed E-state index contributed by atoms with van der Waals surface area (Å²) in [6.07, 6.45) is 4.10. The molecule has 1 aromatic heterocycles. The van der Waals surface area contributed by atoms with Gasteiger partial charge in [-0.15, -0.1) is 0 Å². The minimum absolute atomic E-state index is 0.0268. The molecule has 2 heterocycles. The summed E-state index contributed by atoms with van der Waals surface area (Å²) in [7, 11) is 0. The predicted molar refractivity (Wildman–Crippen MR) is 78.2 cm³/mol. The van der Waals surface area contributed by atoms with Crippen LogP contribution in [0.1, 0.15) is 25.8 Å². The Morgan fingerprint density at radius 2 is 2.40 bits per heavy atom. The van der Waals surface area contributed by atoms with E-state index in [0.29, 0.717) is 17.2 Å². The first-order valence-corrected chi connectivity index (χ1v) is 7.17. The van der Waals surface area contributed by atoms with Crippen LogP contribution < -0.4 is 5.32 Å². The average molecular weight is 277 g/mol. The fourth-order valence-electron chi connectivity index (χ4n) is 2.64. The topological polar surface area (TPSA) is 65.5 Å². The number of nitrogens with one attached hydrogen (secondary N) is 1. The number of amides is 1. The van der Waals surface area contributed by atoms with E-state index in [1.54, 1.807) is 18.5 Å². The van der Waals surface area contributed by atoms with E-state index in [1.165, 1.54) is 0 Å². The predicted octanol–water partition coefficient (Wildman–Crippen LogP) is 1.49. The van der Waals surface area contributed by atoms with Gasteiger partial charge in [-0.25, -0.2) is 0 Å². The van der Waals surface area contributed by atoms with Gasteiger partial charge in [-0.3, -0.25) is 9.78 Å². The zero-order valence-corrected chi connectivity index (χ0v) is 12.2. The fourth-order valence-corrected chi connectivity index (χ4v) is 2.64. The summed E-state index contributed by atoms with van der Waals surface area (Å²) in [6.45, 7) is 7.13. The lowest BCUT2D eigenvalue weighted by atomic mass is 10.1. The number of hydrogen-bond acceptors (Lipinski definition) is 4. The maximum Gasteiger partial charge on any atom is 0.228 e. The van der Waals surface area contributed by atoms with Crippen molar-refractivity contribution in [2.45, 2.75) is 26.9 Å². The molecule has 110 valence electrons. The van der Waals surface area contributed by atoms with Crippen LogP contribution in [0.4, 0.5) is 5.69 Å². The first-order chi connectivity index (χ1) is 9.60. The highest BCUT2D eigenvalue weighted by molar-refractivity contribution is 5.93. The summed E-state index contributed by atoms with van der Waals surface area (Å²) in [5, 5.41) is 12.1. The number of aromatic nitrogens is 1. The molecule has 0 bridgehead atoms. The molecular weight excluding hydrogens is 254 g/mol. The molecule has 1 saturated heterocycles. The Hall–Kier alpha value is -1.46. The SMILES string of the molecule is CC(C)CN1CCC(C(=O)Nc2cnccc2CO)C1. The molecule has 1 fully saturated rings. The van der Waals surface area contributed by atoms with E-state index in [4.69, 9.17) is 0 Å². The molecule has 0 aromatic carbocycles.